The molecule has 0 bridgehead atoms. The van der Waals surface area contributed by atoms with Crippen LogP contribution in [0.3, 0.4) is 0 Å². The van der Waals surface area contributed by atoms with Crippen molar-refractivity contribution in [1.29, 1.82) is 0 Å². The van der Waals surface area contributed by atoms with E-state index >= 15 is 0 Å². The average Bonchev–Trinajstić information content (AvgIpc) is 3.04. The molecule has 102 valence electrons. The van der Waals surface area contributed by atoms with Crippen LogP contribution in [0.2, 0.25) is 0 Å². The molecule has 0 unspecified atom stereocenters. The molecule has 1 aliphatic heterocycles. The van der Waals surface area contributed by atoms with Gasteiger partial charge in [-0.15, -0.1) is 23.1 Å². The van der Waals surface area contributed by atoms with E-state index < -0.39 is 12.0 Å². The van der Waals surface area contributed by atoms with Gasteiger partial charge in [0.15, 0.2) is 0 Å². The number of thiophene rings is 1. The summed E-state index contributed by atoms with van der Waals surface area (Å²) >= 11 is 2.68. The first-order chi connectivity index (χ1) is 9.09. The van der Waals surface area contributed by atoms with Gasteiger partial charge in [0.05, 0.1) is 17.3 Å². The van der Waals surface area contributed by atoms with E-state index in [1.807, 2.05) is 0 Å². The molecule has 1 aromatic rings. The number of nitrogens with one attached hydrogen (secondary N) is 1. The summed E-state index contributed by atoms with van der Waals surface area (Å²) in [6.07, 6.45) is 0. The van der Waals surface area contributed by atoms with Crippen molar-refractivity contribution >= 4 is 40.9 Å². The Bertz CT molecular complexity index is 489. The lowest BCUT2D eigenvalue weighted by molar-refractivity contribution is -0.147. The monoisotopic (exact) mass is 300 g/mol. The van der Waals surface area contributed by atoms with E-state index in [0.717, 1.165) is 0 Å². The summed E-state index contributed by atoms with van der Waals surface area (Å²) in [5.41, 5.74) is 0. The van der Waals surface area contributed by atoms with Gasteiger partial charge >= 0.3 is 5.97 Å². The van der Waals surface area contributed by atoms with Gasteiger partial charge in [0.1, 0.15) is 6.04 Å². The second-order valence-corrected chi connectivity index (χ2v) is 5.82. The molecule has 1 aliphatic rings. The molecule has 6 nitrogen and oxygen atoms in total. The summed E-state index contributed by atoms with van der Waals surface area (Å²) in [6, 6.07) is 2.62. The molecular weight excluding hydrogens is 288 g/mol. The lowest BCUT2D eigenvalue weighted by atomic mass is 10.3. The molecule has 1 aromatic heterocycles. The molecule has 0 saturated carbocycles. The molecule has 2 amide bonds. The Kier molecular flexibility index (Phi) is 4.43. The molecule has 1 atom stereocenters. The van der Waals surface area contributed by atoms with Crippen molar-refractivity contribution in [3.63, 3.8) is 0 Å². The molecule has 0 spiro atoms. The zero-order valence-electron chi connectivity index (χ0n) is 9.87. The third-order valence-electron chi connectivity index (χ3n) is 2.63. The summed E-state index contributed by atoms with van der Waals surface area (Å²) in [4.78, 5) is 36.3. The minimum atomic E-state index is -1.01. The molecule has 8 heteroatoms. The highest BCUT2D eigenvalue weighted by Gasteiger charge is 2.34. The molecular formula is C11H12N2O4S2. The van der Waals surface area contributed by atoms with Gasteiger partial charge in [-0.2, -0.15) is 0 Å². The third kappa shape index (κ3) is 3.27. The number of rotatable bonds is 4. The number of hydrogen-bond acceptors (Lipinski definition) is 5. The maximum absolute atomic E-state index is 11.9. The zero-order chi connectivity index (χ0) is 13.8. The number of carboxylic acid groups (broad SMARTS) is 1. The maximum atomic E-state index is 11.9. The second kappa shape index (κ2) is 6.07. The predicted octanol–water partition coefficient (Wildman–Crippen LogP) is 0.464. The molecule has 2 rings (SSSR count). The van der Waals surface area contributed by atoms with Gasteiger partial charge in [0.2, 0.25) is 5.91 Å². The summed E-state index contributed by atoms with van der Waals surface area (Å²) < 4.78 is 0. The molecule has 1 saturated heterocycles. The van der Waals surface area contributed by atoms with Gasteiger partial charge in [0.25, 0.3) is 5.91 Å². The van der Waals surface area contributed by atoms with Gasteiger partial charge in [0, 0.05) is 5.75 Å². The van der Waals surface area contributed by atoms with Crippen molar-refractivity contribution in [2.24, 2.45) is 0 Å². The van der Waals surface area contributed by atoms with Crippen LogP contribution in [-0.2, 0) is 9.59 Å². The minimum Gasteiger partial charge on any atom is -0.480 e. The second-order valence-electron chi connectivity index (χ2n) is 3.88. The van der Waals surface area contributed by atoms with E-state index in [1.165, 1.54) is 28.0 Å². The molecule has 2 heterocycles. The summed E-state index contributed by atoms with van der Waals surface area (Å²) in [5.74, 6) is -0.961. The fraction of sp³-hybridized carbons (Fsp3) is 0.364. The molecule has 0 aliphatic carbocycles. The van der Waals surface area contributed by atoms with E-state index in [-0.39, 0.29) is 18.4 Å². The van der Waals surface area contributed by atoms with Gasteiger partial charge in [-0.05, 0) is 11.4 Å². The van der Waals surface area contributed by atoms with Crippen molar-refractivity contribution in [1.82, 2.24) is 10.2 Å². The standard InChI is InChI=1S/C11H12N2O4S2/c14-9(13-6-18-5-7(13)11(16)17)4-12-10(15)8-2-1-3-19-8/h1-3,7H,4-6H2,(H,12,15)(H,16,17)/t7-/m0/s1. The first-order valence-electron chi connectivity index (χ1n) is 5.51. The highest BCUT2D eigenvalue weighted by atomic mass is 32.2. The quantitative estimate of drug-likeness (QED) is 0.844. The van der Waals surface area contributed by atoms with Crippen LogP contribution in [0.25, 0.3) is 0 Å². The molecule has 2 N–H and O–H groups in total. The van der Waals surface area contributed by atoms with Crippen LogP contribution in [0.4, 0.5) is 0 Å². The summed E-state index contributed by atoms with van der Waals surface area (Å²) in [6.45, 7) is -0.179. The molecule has 0 radical (unpaired) electrons. The highest BCUT2D eigenvalue weighted by molar-refractivity contribution is 7.99. The largest absolute Gasteiger partial charge is 0.480 e. The number of amides is 2. The smallest absolute Gasteiger partial charge is 0.327 e. The first kappa shape index (κ1) is 13.9. The van der Waals surface area contributed by atoms with E-state index in [0.29, 0.717) is 16.5 Å². The molecule has 1 fully saturated rings. The van der Waals surface area contributed by atoms with Gasteiger partial charge in [-0.25, -0.2) is 4.79 Å². The van der Waals surface area contributed by atoms with Crippen LogP contribution in [0.5, 0.6) is 0 Å². The maximum Gasteiger partial charge on any atom is 0.327 e. The number of carbonyl (C=O) groups is 3. The zero-order valence-corrected chi connectivity index (χ0v) is 11.5. The number of aliphatic carboxylic acids is 1. The Morgan fingerprint density at radius 1 is 1.47 bits per heavy atom. The fourth-order valence-electron chi connectivity index (χ4n) is 1.65. The first-order valence-corrected chi connectivity index (χ1v) is 7.54. The number of carboxylic acids is 1. The van der Waals surface area contributed by atoms with E-state index in [2.05, 4.69) is 5.32 Å². The van der Waals surface area contributed by atoms with Crippen molar-refractivity contribution in [2.75, 3.05) is 18.2 Å². The van der Waals surface area contributed by atoms with Crippen LogP contribution < -0.4 is 5.32 Å². The van der Waals surface area contributed by atoms with Crippen molar-refractivity contribution in [2.45, 2.75) is 6.04 Å². The summed E-state index contributed by atoms with van der Waals surface area (Å²) in [7, 11) is 0. The topological polar surface area (TPSA) is 86.7 Å². The predicted molar refractivity (Wildman–Crippen MR) is 72.2 cm³/mol. The van der Waals surface area contributed by atoms with Crippen molar-refractivity contribution in [3.8, 4) is 0 Å². The van der Waals surface area contributed by atoms with E-state index in [4.69, 9.17) is 5.11 Å². The Morgan fingerprint density at radius 2 is 2.26 bits per heavy atom. The fourth-order valence-corrected chi connectivity index (χ4v) is 3.46. The van der Waals surface area contributed by atoms with Crippen LogP contribution in [0.1, 0.15) is 9.67 Å². The van der Waals surface area contributed by atoms with Crippen LogP contribution >= 0.6 is 23.1 Å². The van der Waals surface area contributed by atoms with E-state index in [9.17, 15) is 14.4 Å². The number of nitrogens with zero attached hydrogens (tertiary/aromatic N) is 1. The molecule has 19 heavy (non-hydrogen) atoms. The highest BCUT2D eigenvalue weighted by Crippen LogP contribution is 2.20. The SMILES string of the molecule is O=C(NCC(=O)N1CSC[C@H]1C(=O)O)c1cccs1. The van der Waals surface area contributed by atoms with Crippen LogP contribution in [-0.4, -0.2) is 52.0 Å². The lowest BCUT2D eigenvalue weighted by Crippen LogP contribution is -2.46. The van der Waals surface area contributed by atoms with Gasteiger partial charge < -0.3 is 15.3 Å². The van der Waals surface area contributed by atoms with Crippen LogP contribution in [0, 0.1) is 0 Å². The van der Waals surface area contributed by atoms with Crippen molar-refractivity contribution < 1.29 is 19.5 Å². The number of thioether (sulfide) groups is 1. The van der Waals surface area contributed by atoms with Gasteiger partial charge in [-0.3, -0.25) is 9.59 Å². The number of carbonyl (C=O) groups excluding carboxylic acids is 2. The average molecular weight is 300 g/mol. The Labute approximate surface area is 117 Å². The van der Waals surface area contributed by atoms with E-state index in [1.54, 1.807) is 17.5 Å². The molecule has 0 aromatic carbocycles. The Morgan fingerprint density at radius 3 is 2.89 bits per heavy atom. The Balaban J connectivity index is 1.88. The van der Waals surface area contributed by atoms with Crippen LogP contribution in [0.15, 0.2) is 17.5 Å². The Hall–Kier alpha value is -1.54. The van der Waals surface area contributed by atoms with Crippen molar-refractivity contribution in [3.05, 3.63) is 22.4 Å². The summed E-state index contributed by atoms with van der Waals surface area (Å²) in [5, 5.41) is 13.2. The van der Waals surface area contributed by atoms with Gasteiger partial charge in [-0.1, -0.05) is 6.07 Å². The third-order valence-corrected chi connectivity index (χ3v) is 4.51. The minimum absolute atomic E-state index is 0.179. The normalized spacial score (nSPS) is 18.3. The lowest BCUT2D eigenvalue weighted by Gasteiger charge is -2.20. The number of hydrogen-bond donors (Lipinski definition) is 2.